The number of nitrogens with zero attached hydrogens (tertiary/aromatic N) is 2. The minimum atomic E-state index is 0.607. The van der Waals surface area contributed by atoms with E-state index in [-0.39, 0.29) is 0 Å². The fourth-order valence-electron chi connectivity index (χ4n) is 3.92. The average molecular weight is 374 g/mol. The lowest BCUT2D eigenvalue weighted by atomic mass is 9.96. The highest BCUT2D eigenvalue weighted by Gasteiger charge is 2.20. The second-order valence-corrected chi connectivity index (χ2v) is 7.30. The molecule has 0 aliphatic carbocycles. The maximum absolute atomic E-state index is 9.73. The van der Waals surface area contributed by atoms with Crippen molar-refractivity contribution in [3.05, 3.63) is 89.6 Å². The Bertz CT molecular complexity index is 1410. The van der Waals surface area contributed by atoms with Crippen LogP contribution in [0.4, 0.5) is 0 Å². The Balaban J connectivity index is 1.91. The number of aromatic nitrogens is 1. The van der Waals surface area contributed by atoms with Crippen LogP contribution in [-0.4, -0.2) is 4.98 Å². The molecule has 0 unspecified atom stereocenters. The minimum Gasteiger partial charge on any atom is -0.455 e. The predicted octanol–water partition coefficient (Wildman–Crippen LogP) is 6.80. The number of hydrogen-bond acceptors (Lipinski definition) is 3. The van der Waals surface area contributed by atoms with Gasteiger partial charge in [0.15, 0.2) is 0 Å². The van der Waals surface area contributed by atoms with Crippen LogP contribution in [0.5, 0.6) is 0 Å². The fraction of sp³-hybridized carbons (Fsp3) is 0.0769. The van der Waals surface area contributed by atoms with E-state index in [0.29, 0.717) is 5.56 Å². The van der Waals surface area contributed by atoms with Gasteiger partial charge in [-0.15, -0.1) is 0 Å². The molecular weight excluding hydrogens is 356 g/mol. The van der Waals surface area contributed by atoms with Crippen molar-refractivity contribution < 1.29 is 4.42 Å². The number of rotatable bonds is 2. The van der Waals surface area contributed by atoms with E-state index in [1.165, 1.54) is 0 Å². The van der Waals surface area contributed by atoms with Gasteiger partial charge in [-0.05, 0) is 54.8 Å². The molecule has 5 aromatic rings. The van der Waals surface area contributed by atoms with Gasteiger partial charge in [0.1, 0.15) is 11.2 Å². The lowest BCUT2D eigenvalue weighted by molar-refractivity contribution is 0.670. The van der Waals surface area contributed by atoms with Gasteiger partial charge in [0.2, 0.25) is 0 Å². The molecule has 29 heavy (non-hydrogen) atoms. The molecule has 0 spiro atoms. The minimum absolute atomic E-state index is 0.607. The van der Waals surface area contributed by atoms with Crippen molar-refractivity contribution >= 4 is 21.9 Å². The van der Waals surface area contributed by atoms with Crippen molar-refractivity contribution in [2.45, 2.75) is 13.8 Å². The molecule has 2 heterocycles. The standard InChI is InChI=1S/C26H18N2O/c1-16-8-13-22(28-15-16)20-11-9-17(2)23-21-12-10-19(14-27)24(26(21)29-25(20)23)18-6-4-3-5-7-18/h3-13,15H,1-2H3. The highest BCUT2D eigenvalue weighted by Crippen LogP contribution is 2.42. The summed E-state index contributed by atoms with van der Waals surface area (Å²) in [6.07, 6.45) is 1.87. The van der Waals surface area contributed by atoms with Crippen molar-refractivity contribution in [2.24, 2.45) is 0 Å². The molecule has 0 atom stereocenters. The van der Waals surface area contributed by atoms with Crippen LogP contribution < -0.4 is 0 Å². The van der Waals surface area contributed by atoms with Crippen LogP contribution in [0.3, 0.4) is 0 Å². The first-order valence-corrected chi connectivity index (χ1v) is 9.55. The molecule has 0 radical (unpaired) electrons. The molecular formula is C26H18N2O. The third kappa shape index (κ3) is 2.69. The van der Waals surface area contributed by atoms with Gasteiger partial charge >= 0.3 is 0 Å². The van der Waals surface area contributed by atoms with Crippen molar-refractivity contribution in [3.63, 3.8) is 0 Å². The average Bonchev–Trinajstić information content (AvgIpc) is 3.15. The molecule has 5 rings (SSSR count). The highest BCUT2D eigenvalue weighted by atomic mass is 16.3. The molecule has 0 bridgehead atoms. The number of aryl methyl sites for hydroxylation is 2. The van der Waals surface area contributed by atoms with Gasteiger partial charge in [-0.2, -0.15) is 5.26 Å². The number of nitriles is 1. The van der Waals surface area contributed by atoms with Gasteiger partial charge in [-0.25, -0.2) is 0 Å². The molecule has 3 nitrogen and oxygen atoms in total. The zero-order valence-corrected chi connectivity index (χ0v) is 16.2. The van der Waals surface area contributed by atoms with E-state index < -0.39 is 0 Å². The summed E-state index contributed by atoms with van der Waals surface area (Å²) in [5.74, 6) is 0. The van der Waals surface area contributed by atoms with Gasteiger partial charge in [0.05, 0.1) is 17.3 Å². The SMILES string of the molecule is Cc1ccc(-c2ccc(C)c3c2oc2c(-c4ccccc4)c(C#N)ccc23)nc1. The second-order valence-electron chi connectivity index (χ2n) is 7.30. The predicted molar refractivity (Wildman–Crippen MR) is 117 cm³/mol. The molecule has 2 aromatic heterocycles. The Hall–Kier alpha value is -3.90. The van der Waals surface area contributed by atoms with Crippen LogP contribution in [0.2, 0.25) is 0 Å². The maximum Gasteiger partial charge on any atom is 0.145 e. The third-order valence-electron chi connectivity index (χ3n) is 5.37. The molecule has 0 aliphatic heterocycles. The molecule has 138 valence electrons. The zero-order valence-electron chi connectivity index (χ0n) is 16.2. The first-order valence-electron chi connectivity index (χ1n) is 9.55. The largest absolute Gasteiger partial charge is 0.455 e. The van der Waals surface area contributed by atoms with Gasteiger partial charge in [-0.1, -0.05) is 42.5 Å². The molecule has 0 fully saturated rings. The van der Waals surface area contributed by atoms with Crippen LogP contribution >= 0.6 is 0 Å². The maximum atomic E-state index is 9.73. The number of furan rings is 1. The van der Waals surface area contributed by atoms with Gasteiger partial charge in [0.25, 0.3) is 0 Å². The summed E-state index contributed by atoms with van der Waals surface area (Å²) in [5.41, 5.74) is 8.06. The van der Waals surface area contributed by atoms with Crippen LogP contribution in [0.1, 0.15) is 16.7 Å². The summed E-state index contributed by atoms with van der Waals surface area (Å²) in [5, 5.41) is 11.8. The summed E-state index contributed by atoms with van der Waals surface area (Å²) < 4.78 is 6.49. The molecule has 0 saturated heterocycles. The molecule has 3 aromatic carbocycles. The summed E-state index contributed by atoms with van der Waals surface area (Å²) in [4.78, 5) is 4.60. The van der Waals surface area contributed by atoms with E-state index >= 15 is 0 Å². The van der Waals surface area contributed by atoms with Crippen LogP contribution in [0, 0.1) is 25.2 Å². The topological polar surface area (TPSA) is 49.8 Å². The van der Waals surface area contributed by atoms with E-state index in [9.17, 15) is 5.26 Å². The molecule has 0 saturated carbocycles. The Labute approximate surface area is 168 Å². The summed E-state index contributed by atoms with van der Waals surface area (Å²) >= 11 is 0. The van der Waals surface area contributed by atoms with Gasteiger partial charge in [0, 0.05) is 28.1 Å². The van der Waals surface area contributed by atoms with Crippen LogP contribution in [-0.2, 0) is 0 Å². The van der Waals surface area contributed by atoms with Crippen molar-refractivity contribution in [2.75, 3.05) is 0 Å². The van der Waals surface area contributed by atoms with Crippen LogP contribution in [0.25, 0.3) is 44.3 Å². The Morgan fingerprint density at radius 2 is 1.69 bits per heavy atom. The van der Waals surface area contributed by atoms with Crippen molar-refractivity contribution in [1.29, 1.82) is 5.26 Å². The Kier molecular flexibility index (Phi) is 3.93. The van der Waals surface area contributed by atoms with E-state index in [2.05, 4.69) is 36.2 Å². The number of hydrogen-bond donors (Lipinski definition) is 0. The molecule has 3 heteroatoms. The summed E-state index contributed by atoms with van der Waals surface area (Å²) in [6.45, 7) is 4.11. The number of pyridine rings is 1. The normalized spacial score (nSPS) is 11.1. The number of benzene rings is 3. The molecule has 0 amide bonds. The monoisotopic (exact) mass is 374 g/mol. The van der Waals surface area contributed by atoms with E-state index in [1.807, 2.05) is 61.7 Å². The summed E-state index contributed by atoms with van der Waals surface area (Å²) in [7, 11) is 0. The van der Waals surface area contributed by atoms with E-state index in [4.69, 9.17) is 4.42 Å². The molecule has 0 aliphatic rings. The molecule has 0 N–H and O–H groups in total. The third-order valence-corrected chi connectivity index (χ3v) is 5.37. The zero-order chi connectivity index (χ0) is 20.0. The highest BCUT2D eigenvalue weighted by molar-refractivity contribution is 6.14. The number of fused-ring (bicyclic) bond motifs is 3. The van der Waals surface area contributed by atoms with Crippen molar-refractivity contribution in [3.8, 4) is 28.5 Å². The first-order chi connectivity index (χ1) is 14.2. The van der Waals surface area contributed by atoms with Gasteiger partial charge in [-0.3, -0.25) is 4.98 Å². The van der Waals surface area contributed by atoms with Crippen molar-refractivity contribution in [1.82, 2.24) is 4.98 Å². The first kappa shape index (κ1) is 17.2. The van der Waals surface area contributed by atoms with Crippen LogP contribution in [0.15, 0.2) is 77.3 Å². The smallest absolute Gasteiger partial charge is 0.145 e. The Morgan fingerprint density at radius 3 is 2.41 bits per heavy atom. The fourth-order valence-corrected chi connectivity index (χ4v) is 3.92. The quantitative estimate of drug-likeness (QED) is 0.341. The second kappa shape index (κ2) is 6.61. The lowest BCUT2D eigenvalue weighted by Crippen LogP contribution is -1.86. The summed E-state index contributed by atoms with van der Waals surface area (Å²) in [6, 6.07) is 24.4. The van der Waals surface area contributed by atoms with Gasteiger partial charge < -0.3 is 4.42 Å². The Morgan fingerprint density at radius 1 is 0.862 bits per heavy atom. The van der Waals surface area contributed by atoms with E-state index in [0.717, 1.165) is 55.4 Å². The van der Waals surface area contributed by atoms with E-state index in [1.54, 1.807) is 0 Å². The lowest BCUT2D eigenvalue weighted by Gasteiger charge is -2.05.